The first-order chi connectivity index (χ1) is 13.2. The van der Waals surface area contributed by atoms with Gasteiger partial charge in [0.15, 0.2) is 0 Å². The van der Waals surface area contributed by atoms with Crippen molar-refractivity contribution in [1.82, 2.24) is 0 Å². The van der Waals surface area contributed by atoms with Gasteiger partial charge in [-0.1, -0.05) is 12.1 Å². The van der Waals surface area contributed by atoms with E-state index in [1.807, 2.05) is 0 Å². The summed E-state index contributed by atoms with van der Waals surface area (Å²) in [6.45, 7) is 13.2. The number of hydrogen-bond acceptors (Lipinski definition) is 5. The van der Waals surface area contributed by atoms with Crippen molar-refractivity contribution in [2.75, 3.05) is 47.8 Å². The highest BCUT2D eigenvalue weighted by Gasteiger charge is 2.19. The number of nitrogens with zero attached hydrogens (tertiary/aromatic N) is 4. The van der Waals surface area contributed by atoms with Crippen LogP contribution in [0.2, 0.25) is 0 Å². The quantitative estimate of drug-likeness (QED) is 0.687. The van der Waals surface area contributed by atoms with E-state index >= 15 is 0 Å². The van der Waals surface area contributed by atoms with Gasteiger partial charge in [0.25, 0.3) is 0 Å². The number of hydrazone groups is 1. The summed E-state index contributed by atoms with van der Waals surface area (Å²) in [6.07, 6.45) is 0. The van der Waals surface area contributed by atoms with E-state index in [9.17, 15) is 0 Å². The molecule has 0 aliphatic carbocycles. The molecular weight excluding hydrogens is 336 g/mol. The van der Waals surface area contributed by atoms with Crippen LogP contribution in [0.1, 0.15) is 33.3 Å². The van der Waals surface area contributed by atoms with Crippen molar-refractivity contribution in [3.8, 4) is 0 Å². The topological polar surface area (TPSA) is 31.3 Å². The molecule has 1 aliphatic heterocycles. The van der Waals surface area contributed by atoms with Gasteiger partial charge in [0, 0.05) is 43.1 Å². The van der Waals surface area contributed by atoms with Crippen LogP contribution >= 0.6 is 0 Å². The van der Waals surface area contributed by atoms with Crippen LogP contribution in [0.15, 0.2) is 53.6 Å². The molecule has 0 bridgehead atoms. The van der Waals surface area contributed by atoms with Crippen LogP contribution < -0.4 is 15.0 Å². The second kappa shape index (κ2) is 8.91. The molecule has 2 aromatic carbocycles. The molecule has 0 spiro atoms. The molecule has 0 aromatic heterocycles. The summed E-state index contributed by atoms with van der Waals surface area (Å²) in [7, 11) is 0. The van der Waals surface area contributed by atoms with Crippen molar-refractivity contribution >= 4 is 22.8 Å². The summed E-state index contributed by atoms with van der Waals surface area (Å²) < 4.78 is 0. The highest BCUT2D eigenvalue weighted by Crippen LogP contribution is 2.25. The van der Waals surface area contributed by atoms with Gasteiger partial charge in [0.05, 0.1) is 11.4 Å². The summed E-state index contributed by atoms with van der Waals surface area (Å²) >= 11 is 0. The standard InChI is InChI=1S/C22H30N4O/c1-5-24(6-2)19-11-9-18(10-12-19)22-17-27-26(23-22)21-15-13-20(14-16-21)25(7-3)8-4/h9-16H,5-8,17H2,1-4H3. The van der Waals surface area contributed by atoms with E-state index < -0.39 is 0 Å². The first kappa shape index (κ1) is 19.2. The van der Waals surface area contributed by atoms with Gasteiger partial charge >= 0.3 is 0 Å². The van der Waals surface area contributed by atoms with Gasteiger partial charge in [0.1, 0.15) is 6.61 Å². The number of anilines is 3. The SMILES string of the molecule is CCN(CC)c1ccc(C2=NN(c3ccc(N(CC)CC)cc3)OC2)cc1. The highest BCUT2D eigenvalue weighted by molar-refractivity contribution is 6.03. The lowest BCUT2D eigenvalue weighted by molar-refractivity contribution is 0.166. The van der Waals surface area contributed by atoms with Crippen LogP contribution in [0, 0.1) is 0 Å². The second-order valence-electron chi connectivity index (χ2n) is 6.50. The Morgan fingerprint density at radius 3 is 1.74 bits per heavy atom. The molecule has 144 valence electrons. The first-order valence-corrected chi connectivity index (χ1v) is 9.91. The summed E-state index contributed by atoms with van der Waals surface area (Å²) in [5.74, 6) is 0. The summed E-state index contributed by atoms with van der Waals surface area (Å²) in [5.41, 5.74) is 5.47. The fourth-order valence-corrected chi connectivity index (χ4v) is 3.40. The molecule has 2 aromatic rings. The smallest absolute Gasteiger partial charge is 0.122 e. The van der Waals surface area contributed by atoms with E-state index in [-0.39, 0.29) is 0 Å². The van der Waals surface area contributed by atoms with Crippen LogP contribution in [-0.4, -0.2) is 38.5 Å². The Labute approximate surface area is 162 Å². The minimum Gasteiger partial charge on any atom is -0.372 e. The van der Waals surface area contributed by atoms with E-state index in [0.29, 0.717) is 6.61 Å². The Balaban J connectivity index is 1.72. The van der Waals surface area contributed by atoms with Crippen molar-refractivity contribution < 1.29 is 4.84 Å². The van der Waals surface area contributed by atoms with Crippen molar-refractivity contribution in [2.45, 2.75) is 27.7 Å². The Hall–Kier alpha value is -2.53. The molecule has 0 saturated carbocycles. The molecule has 0 fully saturated rings. The largest absolute Gasteiger partial charge is 0.372 e. The maximum atomic E-state index is 5.78. The summed E-state index contributed by atoms with van der Waals surface area (Å²) in [6, 6.07) is 16.9. The molecule has 0 N–H and O–H groups in total. The summed E-state index contributed by atoms with van der Waals surface area (Å²) in [5, 5.41) is 6.28. The molecule has 3 rings (SSSR count). The zero-order valence-electron chi connectivity index (χ0n) is 16.9. The average Bonchev–Trinajstić information content (AvgIpc) is 3.21. The van der Waals surface area contributed by atoms with E-state index in [1.165, 1.54) is 11.4 Å². The Morgan fingerprint density at radius 2 is 1.26 bits per heavy atom. The summed E-state index contributed by atoms with van der Waals surface area (Å²) in [4.78, 5) is 10.4. The highest BCUT2D eigenvalue weighted by atomic mass is 16.7. The van der Waals surface area contributed by atoms with Gasteiger partial charge in [-0.15, -0.1) is 10.3 Å². The lowest BCUT2D eigenvalue weighted by atomic mass is 10.1. The van der Waals surface area contributed by atoms with Crippen LogP contribution in [0.4, 0.5) is 17.1 Å². The number of benzene rings is 2. The molecule has 1 heterocycles. The fraction of sp³-hybridized carbons (Fsp3) is 0.409. The normalized spacial score (nSPS) is 13.6. The fourth-order valence-electron chi connectivity index (χ4n) is 3.40. The minimum absolute atomic E-state index is 0.489. The molecule has 0 unspecified atom stereocenters. The lowest BCUT2D eigenvalue weighted by Gasteiger charge is -2.21. The maximum Gasteiger partial charge on any atom is 0.122 e. The third-order valence-corrected chi connectivity index (χ3v) is 5.06. The molecule has 1 aliphatic rings. The maximum absolute atomic E-state index is 5.78. The van der Waals surface area contributed by atoms with Crippen LogP contribution in [0.3, 0.4) is 0 Å². The van der Waals surface area contributed by atoms with E-state index in [0.717, 1.165) is 43.1 Å². The van der Waals surface area contributed by atoms with Gasteiger partial charge in [-0.05, 0) is 64.1 Å². The molecule has 0 radical (unpaired) electrons. The number of hydrogen-bond donors (Lipinski definition) is 0. The van der Waals surface area contributed by atoms with Crippen molar-refractivity contribution in [1.29, 1.82) is 0 Å². The molecule has 27 heavy (non-hydrogen) atoms. The monoisotopic (exact) mass is 366 g/mol. The van der Waals surface area contributed by atoms with E-state index in [2.05, 4.69) is 91.1 Å². The lowest BCUT2D eigenvalue weighted by Crippen LogP contribution is -2.21. The van der Waals surface area contributed by atoms with E-state index in [1.54, 1.807) is 5.17 Å². The second-order valence-corrected chi connectivity index (χ2v) is 6.50. The third kappa shape index (κ3) is 4.25. The molecule has 0 atom stereocenters. The Morgan fingerprint density at radius 1 is 0.778 bits per heavy atom. The zero-order chi connectivity index (χ0) is 19.2. The molecule has 5 heteroatoms. The zero-order valence-corrected chi connectivity index (χ0v) is 16.9. The number of rotatable bonds is 8. The minimum atomic E-state index is 0.489. The third-order valence-electron chi connectivity index (χ3n) is 5.06. The van der Waals surface area contributed by atoms with Crippen LogP contribution in [0.5, 0.6) is 0 Å². The predicted molar refractivity (Wildman–Crippen MR) is 115 cm³/mol. The van der Waals surface area contributed by atoms with Gasteiger partial charge in [-0.25, -0.2) is 4.84 Å². The van der Waals surface area contributed by atoms with Gasteiger partial charge in [-0.3, -0.25) is 0 Å². The Bertz CT molecular complexity index is 747. The Kier molecular flexibility index (Phi) is 6.35. The van der Waals surface area contributed by atoms with Crippen molar-refractivity contribution in [3.63, 3.8) is 0 Å². The van der Waals surface area contributed by atoms with Crippen molar-refractivity contribution in [2.24, 2.45) is 5.10 Å². The molecule has 0 saturated heterocycles. The molecule has 5 nitrogen and oxygen atoms in total. The first-order valence-electron chi connectivity index (χ1n) is 9.91. The van der Waals surface area contributed by atoms with E-state index in [4.69, 9.17) is 4.84 Å². The molecular formula is C22H30N4O. The van der Waals surface area contributed by atoms with Crippen LogP contribution in [0.25, 0.3) is 0 Å². The van der Waals surface area contributed by atoms with Gasteiger partial charge in [-0.2, -0.15) is 0 Å². The molecule has 0 amide bonds. The predicted octanol–water partition coefficient (Wildman–Crippen LogP) is 4.53. The van der Waals surface area contributed by atoms with Gasteiger partial charge < -0.3 is 9.80 Å². The van der Waals surface area contributed by atoms with Crippen molar-refractivity contribution in [3.05, 3.63) is 54.1 Å². The van der Waals surface area contributed by atoms with Crippen LogP contribution in [-0.2, 0) is 4.84 Å². The average molecular weight is 367 g/mol. The van der Waals surface area contributed by atoms with Gasteiger partial charge in [0.2, 0.25) is 0 Å².